The molecule has 3 heterocycles. The van der Waals surface area contributed by atoms with Gasteiger partial charge < -0.3 is 14.5 Å². The van der Waals surface area contributed by atoms with Crippen molar-refractivity contribution >= 4 is 11.2 Å². The van der Waals surface area contributed by atoms with Gasteiger partial charge in [-0.3, -0.25) is 13.9 Å². The molecule has 0 spiro atoms. The number of nitrogens with zero attached hydrogens (tertiary/aromatic N) is 3. The second-order valence-corrected chi connectivity index (χ2v) is 5.84. The Bertz CT molecular complexity index is 798. The Hall–Kier alpha value is -1.93. The maximum absolute atomic E-state index is 12.4. The van der Waals surface area contributed by atoms with E-state index in [0.717, 1.165) is 25.9 Å². The largest absolute Gasteiger partial charge is 0.353 e. The number of fused-ring (bicyclic) bond motifs is 1. The van der Waals surface area contributed by atoms with Crippen LogP contribution < -0.4 is 11.2 Å². The molecule has 1 atom stereocenters. The molecule has 1 unspecified atom stereocenters. The average molecular weight is 322 g/mol. The number of hydrogen-bond donors (Lipinski definition) is 1. The summed E-state index contributed by atoms with van der Waals surface area (Å²) in [6.45, 7) is 3.26. The minimum absolute atomic E-state index is 0.152. The number of imidazole rings is 1. The molecule has 1 fully saturated rings. The van der Waals surface area contributed by atoms with Crippen LogP contribution in [0.2, 0.25) is 0 Å². The molecular weight excluding hydrogens is 300 g/mol. The van der Waals surface area contributed by atoms with Crippen molar-refractivity contribution in [3.05, 3.63) is 26.7 Å². The summed E-state index contributed by atoms with van der Waals surface area (Å²) in [6, 6.07) is 0. The summed E-state index contributed by atoms with van der Waals surface area (Å²) in [5, 5.41) is 0. The van der Waals surface area contributed by atoms with Gasteiger partial charge in [-0.2, -0.15) is 0 Å². The van der Waals surface area contributed by atoms with Gasteiger partial charge in [0.25, 0.3) is 5.56 Å². The number of H-pyrrole nitrogens is 1. The van der Waals surface area contributed by atoms with Gasteiger partial charge in [0.2, 0.25) is 0 Å². The van der Waals surface area contributed by atoms with Crippen LogP contribution in [-0.2, 0) is 23.1 Å². The lowest BCUT2D eigenvalue weighted by molar-refractivity contribution is -0.163. The van der Waals surface area contributed by atoms with Crippen molar-refractivity contribution in [3.63, 3.8) is 0 Å². The fourth-order valence-electron chi connectivity index (χ4n) is 2.84. The van der Waals surface area contributed by atoms with Gasteiger partial charge in [0.15, 0.2) is 11.9 Å². The second-order valence-electron chi connectivity index (χ2n) is 5.84. The highest BCUT2D eigenvalue weighted by molar-refractivity contribution is 5.69. The molecule has 0 aromatic carbocycles. The Morgan fingerprint density at radius 3 is 2.96 bits per heavy atom. The lowest BCUT2D eigenvalue weighted by Gasteiger charge is -2.22. The number of hydrogen-bond acceptors (Lipinski definition) is 5. The van der Waals surface area contributed by atoms with E-state index < -0.39 is 0 Å². The zero-order valence-corrected chi connectivity index (χ0v) is 13.5. The van der Waals surface area contributed by atoms with Crippen molar-refractivity contribution in [1.82, 2.24) is 19.1 Å². The number of aryl methyl sites for hydroxylation is 2. The summed E-state index contributed by atoms with van der Waals surface area (Å²) in [6.07, 6.45) is 3.52. The van der Waals surface area contributed by atoms with Crippen LogP contribution in [0.4, 0.5) is 0 Å². The van der Waals surface area contributed by atoms with Gasteiger partial charge in [-0.25, -0.2) is 9.78 Å². The molecule has 3 rings (SSSR count). The monoisotopic (exact) mass is 322 g/mol. The molecule has 8 heteroatoms. The standard InChI is InChI=1S/C15H22N4O4/c1-10-16-12-13(17-10)18(2)15(21)19(14(12)20)7-5-9-23-11-6-3-4-8-22-11/h11H,3-9H2,1-2H3,(H,16,17). The molecule has 0 amide bonds. The van der Waals surface area contributed by atoms with E-state index in [0.29, 0.717) is 36.6 Å². The summed E-state index contributed by atoms with van der Waals surface area (Å²) in [5.74, 6) is 0.614. The first-order valence-corrected chi connectivity index (χ1v) is 7.97. The molecule has 0 saturated carbocycles. The second kappa shape index (κ2) is 6.67. The topological polar surface area (TPSA) is 91.1 Å². The Morgan fingerprint density at radius 2 is 2.22 bits per heavy atom. The minimum atomic E-state index is -0.358. The molecule has 1 N–H and O–H groups in total. The number of aromatic amines is 1. The predicted octanol–water partition coefficient (Wildman–Crippen LogP) is 0.665. The van der Waals surface area contributed by atoms with Crippen LogP contribution in [0.15, 0.2) is 9.59 Å². The molecule has 1 saturated heterocycles. The molecule has 1 aliphatic heterocycles. The highest BCUT2D eigenvalue weighted by Crippen LogP contribution is 2.13. The quantitative estimate of drug-likeness (QED) is 0.817. The van der Waals surface area contributed by atoms with Crippen LogP contribution in [-0.4, -0.2) is 38.6 Å². The number of aromatic nitrogens is 4. The van der Waals surface area contributed by atoms with Gasteiger partial charge in [-0.1, -0.05) is 0 Å². The molecule has 2 aromatic heterocycles. The number of ether oxygens (including phenoxy) is 2. The molecule has 2 aromatic rings. The summed E-state index contributed by atoms with van der Waals surface area (Å²) < 4.78 is 13.7. The Morgan fingerprint density at radius 1 is 1.39 bits per heavy atom. The Labute approximate surface area is 133 Å². The lowest BCUT2D eigenvalue weighted by atomic mass is 10.2. The summed E-state index contributed by atoms with van der Waals surface area (Å²) >= 11 is 0. The van der Waals surface area contributed by atoms with Crippen LogP contribution in [0, 0.1) is 6.92 Å². The van der Waals surface area contributed by atoms with Crippen LogP contribution in [0.1, 0.15) is 31.5 Å². The first-order valence-electron chi connectivity index (χ1n) is 7.97. The number of nitrogens with one attached hydrogen (secondary N) is 1. The Kier molecular flexibility index (Phi) is 4.63. The minimum Gasteiger partial charge on any atom is -0.353 e. The van der Waals surface area contributed by atoms with Crippen molar-refractivity contribution in [3.8, 4) is 0 Å². The average Bonchev–Trinajstić information content (AvgIpc) is 2.95. The molecule has 0 bridgehead atoms. The van der Waals surface area contributed by atoms with E-state index in [4.69, 9.17) is 9.47 Å². The fraction of sp³-hybridized carbons (Fsp3) is 0.667. The van der Waals surface area contributed by atoms with E-state index in [1.807, 2.05) is 0 Å². The zero-order chi connectivity index (χ0) is 16.4. The summed E-state index contributed by atoms with van der Waals surface area (Å²) in [7, 11) is 1.62. The van der Waals surface area contributed by atoms with E-state index >= 15 is 0 Å². The van der Waals surface area contributed by atoms with Gasteiger partial charge in [-0.15, -0.1) is 0 Å². The molecule has 126 valence electrons. The van der Waals surface area contributed by atoms with Crippen LogP contribution in [0.5, 0.6) is 0 Å². The van der Waals surface area contributed by atoms with Crippen molar-refractivity contribution < 1.29 is 9.47 Å². The van der Waals surface area contributed by atoms with Crippen LogP contribution in [0.3, 0.4) is 0 Å². The van der Waals surface area contributed by atoms with Crippen molar-refractivity contribution in [2.75, 3.05) is 13.2 Å². The third-order valence-electron chi connectivity index (χ3n) is 4.07. The van der Waals surface area contributed by atoms with Crippen molar-refractivity contribution in [1.29, 1.82) is 0 Å². The van der Waals surface area contributed by atoms with Crippen LogP contribution >= 0.6 is 0 Å². The Balaban J connectivity index is 1.70. The SMILES string of the molecule is Cc1nc2c([nH]1)c(=O)n(CCCOC1CCCCO1)c(=O)n2C. The van der Waals surface area contributed by atoms with Crippen molar-refractivity contribution in [2.24, 2.45) is 7.05 Å². The molecule has 0 radical (unpaired) electrons. The van der Waals surface area contributed by atoms with E-state index in [1.165, 1.54) is 9.13 Å². The molecule has 1 aliphatic rings. The maximum Gasteiger partial charge on any atom is 0.332 e. The zero-order valence-electron chi connectivity index (χ0n) is 13.5. The highest BCUT2D eigenvalue weighted by atomic mass is 16.7. The maximum atomic E-state index is 12.4. The summed E-state index contributed by atoms with van der Waals surface area (Å²) in [4.78, 5) is 31.8. The first kappa shape index (κ1) is 15.9. The van der Waals surface area contributed by atoms with Gasteiger partial charge in [0, 0.05) is 20.2 Å². The molecule has 8 nitrogen and oxygen atoms in total. The smallest absolute Gasteiger partial charge is 0.332 e. The third-order valence-corrected chi connectivity index (χ3v) is 4.07. The highest BCUT2D eigenvalue weighted by Gasteiger charge is 2.15. The third kappa shape index (κ3) is 3.23. The van der Waals surface area contributed by atoms with E-state index in [2.05, 4.69) is 9.97 Å². The van der Waals surface area contributed by atoms with Gasteiger partial charge >= 0.3 is 5.69 Å². The van der Waals surface area contributed by atoms with E-state index in [9.17, 15) is 9.59 Å². The first-order chi connectivity index (χ1) is 11.1. The molecule has 23 heavy (non-hydrogen) atoms. The predicted molar refractivity (Wildman–Crippen MR) is 84.5 cm³/mol. The molecule has 0 aliphatic carbocycles. The normalized spacial score (nSPS) is 18.6. The fourth-order valence-corrected chi connectivity index (χ4v) is 2.84. The molecular formula is C15H22N4O4. The van der Waals surface area contributed by atoms with Gasteiger partial charge in [0.05, 0.1) is 6.61 Å². The lowest BCUT2D eigenvalue weighted by Crippen LogP contribution is -2.39. The number of rotatable bonds is 5. The van der Waals surface area contributed by atoms with Crippen molar-refractivity contribution in [2.45, 2.75) is 45.4 Å². The van der Waals surface area contributed by atoms with E-state index in [1.54, 1.807) is 14.0 Å². The summed E-state index contributed by atoms with van der Waals surface area (Å²) in [5.41, 5.74) is 0.0577. The van der Waals surface area contributed by atoms with Gasteiger partial charge in [-0.05, 0) is 32.6 Å². The van der Waals surface area contributed by atoms with E-state index in [-0.39, 0.29) is 17.5 Å². The van der Waals surface area contributed by atoms with Crippen LogP contribution in [0.25, 0.3) is 11.2 Å². The van der Waals surface area contributed by atoms with Gasteiger partial charge in [0.1, 0.15) is 11.3 Å².